The second-order valence-electron chi connectivity index (χ2n) is 5.12. The molecule has 1 aromatic rings. The molecule has 0 radical (unpaired) electrons. The number of nitroso groups, excluding NO2 is 1. The van der Waals surface area contributed by atoms with Crippen molar-refractivity contribution in [2.75, 3.05) is 0 Å². The Morgan fingerprint density at radius 1 is 1.11 bits per heavy atom. The van der Waals surface area contributed by atoms with E-state index in [1.165, 1.54) is 19.3 Å². The van der Waals surface area contributed by atoms with Crippen LogP contribution >= 0.6 is 0 Å². The van der Waals surface area contributed by atoms with Gasteiger partial charge in [-0.1, -0.05) is 74.5 Å². The number of hydrogen-bond acceptors (Lipinski definition) is 3. The fourth-order valence-corrected chi connectivity index (χ4v) is 2.27. The summed E-state index contributed by atoms with van der Waals surface area (Å²) < 4.78 is 0. The van der Waals surface area contributed by atoms with Gasteiger partial charge in [-0.05, 0) is 12.0 Å². The van der Waals surface area contributed by atoms with Crippen molar-refractivity contribution >= 4 is 0 Å². The van der Waals surface area contributed by atoms with Crippen molar-refractivity contribution in [3.05, 3.63) is 40.8 Å². The Balaban J connectivity index is 2.29. The number of hydrogen-bond donors (Lipinski definition) is 1. The summed E-state index contributed by atoms with van der Waals surface area (Å²) in [5.74, 6) is 0. The average molecular weight is 263 g/mol. The second-order valence-corrected chi connectivity index (χ2v) is 5.12. The first kappa shape index (κ1) is 15.8. The van der Waals surface area contributed by atoms with Crippen LogP contribution in [0, 0.1) is 4.91 Å². The molecule has 3 nitrogen and oxygen atoms in total. The summed E-state index contributed by atoms with van der Waals surface area (Å²) in [6.45, 7) is 2.19. The van der Waals surface area contributed by atoms with Gasteiger partial charge in [0.25, 0.3) is 0 Å². The van der Waals surface area contributed by atoms with Crippen LogP contribution in [-0.4, -0.2) is 11.2 Å². The molecule has 0 fully saturated rings. The number of rotatable bonds is 10. The third-order valence-electron chi connectivity index (χ3n) is 3.45. The molecule has 0 saturated heterocycles. The highest BCUT2D eigenvalue weighted by Crippen LogP contribution is 2.24. The molecule has 0 bridgehead atoms. The highest BCUT2D eigenvalue weighted by atomic mass is 16.3. The fraction of sp³-hybridized carbons (Fsp3) is 0.625. The average Bonchev–Trinajstić information content (AvgIpc) is 2.45. The SMILES string of the molecule is CCCCCCCC(O)CC(N=O)c1ccccc1. The molecule has 1 N–H and O–H groups in total. The van der Waals surface area contributed by atoms with Crippen molar-refractivity contribution in [2.24, 2.45) is 5.18 Å². The van der Waals surface area contributed by atoms with Crippen molar-refractivity contribution < 1.29 is 5.11 Å². The normalized spacial score (nSPS) is 14.0. The third kappa shape index (κ3) is 6.48. The van der Waals surface area contributed by atoms with Crippen LogP contribution in [0.2, 0.25) is 0 Å². The maximum Gasteiger partial charge on any atom is 0.119 e. The fourth-order valence-electron chi connectivity index (χ4n) is 2.27. The van der Waals surface area contributed by atoms with Crippen LogP contribution in [0.25, 0.3) is 0 Å². The van der Waals surface area contributed by atoms with Crippen molar-refractivity contribution in [1.82, 2.24) is 0 Å². The van der Waals surface area contributed by atoms with Gasteiger partial charge in [-0.2, -0.15) is 4.91 Å². The van der Waals surface area contributed by atoms with Crippen LogP contribution in [0.5, 0.6) is 0 Å². The molecule has 2 atom stereocenters. The smallest absolute Gasteiger partial charge is 0.119 e. The lowest BCUT2D eigenvalue weighted by atomic mass is 9.98. The highest BCUT2D eigenvalue weighted by Gasteiger charge is 2.16. The first-order valence-corrected chi connectivity index (χ1v) is 7.33. The van der Waals surface area contributed by atoms with E-state index in [-0.39, 0.29) is 0 Å². The van der Waals surface area contributed by atoms with E-state index in [1.54, 1.807) is 0 Å². The molecule has 0 aliphatic rings. The van der Waals surface area contributed by atoms with Crippen LogP contribution < -0.4 is 0 Å². The van der Waals surface area contributed by atoms with Gasteiger partial charge in [0.1, 0.15) is 6.04 Å². The number of unbranched alkanes of at least 4 members (excludes halogenated alkanes) is 4. The zero-order valence-corrected chi connectivity index (χ0v) is 11.8. The van der Waals surface area contributed by atoms with Crippen molar-refractivity contribution in [3.63, 3.8) is 0 Å². The van der Waals surface area contributed by atoms with Crippen LogP contribution in [-0.2, 0) is 0 Å². The first-order valence-electron chi connectivity index (χ1n) is 7.33. The molecule has 0 aliphatic carbocycles. The standard InChI is InChI=1S/C16H25NO2/c1-2-3-4-5-9-12-15(18)13-16(17-19)14-10-7-6-8-11-14/h6-8,10-11,15-16,18H,2-5,9,12-13H2,1H3. The van der Waals surface area contributed by atoms with E-state index in [1.807, 2.05) is 30.3 Å². The molecule has 0 aromatic heterocycles. The van der Waals surface area contributed by atoms with E-state index in [0.29, 0.717) is 6.42 Å². The minimum absolute atomic E-state index is 0.424. The van der Waals surface area contributed by atoms with Gasteiger partial charge in [0.2, 0.25) is 0 Å². The minimum Gasteiger partial charge on any atom is -0.393 e. The maximum absolute atomic E-state index is 10.9. The van der Waals surface area contributed by atoms with E-state index < -0.39 is 12.1 Å². The molecule has 0 heterocycles. The van der Waals surface area contributed by atoms with Crippen molar-refractivity contribution in [3.8, 4) is 0 Å². The highest BCUT2D eigenvalue weighted by molar-refractivity contribution is 5.19. The van der Waals surface area contributed by atoms with Gasteiger partial charge in [-0.25, -0.2) is 0 Å². The Kier molecular flexibility index (Phi) is 8.07. The number of aliphatic hydroxyl groups excluding tert-OH is 1. The van der Waals surface area contributed by atoms with Gasteiger partial charge in [-0.15, -0.1) is 0 Å². The van der Waals surface area contributed by atoms with E-state index in [0.717, 1.165) is 24.8 Å². The summed E-state index contributed by atoms with van der Waals surface area (Å²) >= 11 is 0. The predicted molar refractivity (Wildman–Crippen MR) is 79.0 cm³/mol. The van der Waals surface area contributed by atoms with Gasteiger partial charge >= 0.3 is 0 Å². The summed E-state index contributed by atoms with van der Waals surface area (Å²) in [6, 6.07) is 9.05. The van der Waals surface area contributed by atoms with E-state index >= 15 is 0 Å². The summed E-state index contributed by atoms with van der Waals surface area (Å²) in [5.41, 5.74) is 0.891. The van der Waals surface area contributed by atoms with Gasteiger partial charge in [-0.3, -0.25) is 0 Å². The maximum atomic E-state index is 10.9. The van der Waals surface area contributed by atoms with Crippen LogP contribution in [0.1, 0.15) is 63.5 Å². The number of benzene rings is 1. The van der Waals surface area contributed by atoms with Crippen LogP contribution in [0.4, 0.5) is 0 Å². The Bertz CT molecular complexity index is 340. The molecule has 1 rings (SSSR count). The molecular formula is C16H25NO2. The topological polar surface area (TPSA) is 49.7 Å². The second kappa shape index (κ2) is 9.68. The Labute approximate surface area is 116 Å². The molecule has 0 amide bonds. The molecule has 0 spiro atoms. The third-order valence-corrected chi connectivity index (χ3v) is 3.45. The predicted octanol–water partition coefficient (Wildman–Crippen LogP) is 4.61. The number of aliphatic hydroxyl groups is 1. The van der Waals surface area contributed by atoms with Gasteiger partial charge in [0.05, 0.1) is 6.10 Å². The minimum atomic E-state index is -0.426. The zero-order valence-electron chi connectivity index (χ0n) is 11.8. The molecule has 0 saturated carbocycles. The van der Waals surface area contributed by atoms with Crippen LogP contribution in [0.15, 0.2) is 35.5 Å². The van der Waals surface area contributed by atoms with E-state index in [9.17, 15) is 10.0 Å². The van der Waals surface area contributed by atoms with E-state index in [2.05, 4.69) is 12.1 Å². The lowest BCUT2D eigenvalue weighted by molar-refractivity contribution is 0.142. The van der Waals surface area contributed by atoms with Crippen molar-refractivity contribution in [1.29, 1.82) is 0 Å². The first-order chi connectivity index (χ1) is 9.27. The molecule has 19 heavy (non-hydrogen) atoms. The van der Waals surface area contributed by atoms with Gasteiger partial charge in [0.15, 0.2) is 0 Å². The summed E-state index contributed by atoms with van der Waals surface area (Å²) in [6.07, 6.45) is 6.69. The Morgan fingerprint density at radius 2 is 1.79 bits per heavy atom. The monoisotopic (exact) mass is 263 g/mol. The Morgan fingerprint density at radius 3 is 2.42 bits per heavy atom. The van der Waals surface area contributed by atoms with Crippen molar-refractivity contribution in [2.45, 2.75) is 64.0 Å². The lowest BCUT2D eigenvalue weighted by Gasteiger charge is -2.14. The van der Waals surface area contributed by atoms with Crippen LogP contribution in [0.3, 0.4) is 0 Å². The molecule has 1 aromatic carbocycles. The molecular weight excluding hydrogens is 238 g/mol. The molecule has 0 aliphatic heterocycles. The van der Waals surface area contributed by atoms with Gasteiger partial charge in [0, 0.05) is 6.42 Å². The number of nitrogens with zero attached hydrogens (tertiary/aromatic N) is 1. The summed E-state index contributed by atoms with van der Waals surface area (Å²) in [5, 5.41) is 13.1. The quantitative estimate of drug-likeness (QED) is 0.495. The molecule has 106 valence electrons. The summed E-state index contributed by atoms with van der Waals surface area (Å²) in [7, 11) is 0. The zero-order chi connectivity index (χ0) is 13.9. The lowest BCUT2D eigenvalue weighted by Crippen LogP contribution is -2.11. The van der Waals surface area contributed by atoms with E-state index in [4.69, 9.17) is 0 Å². The Hall–Kier alpha value is -1.22. The summed E-state index contributed by atoms with van der Waals surface area (Å²) in [4.78, 5) is 10.9. The largest absolute Gasteiger partial charge is 0.393 e. The molecule has 3 heteroatoms. The molecule has 2 unspecified atom stereocenters. The van der Waals surface area contributed by atoms with Gasteiger partial charge < -0.3 is 5.11 Å².